The minimum atomic E-state index is -3.46. The molecule has 6 nitrogen and oxygen atoms in total. The molecule has 0 amide bonds. The topological polar surface area (TPSA) is 79.5 Å². The summed E-state index contributed by atoms with van der Waals surface area (Å²) in [6.07, 6.45) is 2.48. The van der Waals surface area contributed by atoms with E-state index in [1.165, 1.54) is 0 Å². The van der Waals surface area contributed by atoms with Crippen molar-refractivity contribution in [3.8, 4) is 0 Å². The molecule has 2 N–H and O–H groups in total. The Labute approximate surface area is 150 Å². The molecule has 0 aromatic carbocycles. The zero-order valence-electron chi connectivity index (χ0n) is 13.1. The number of nitrogen functional groups attached to an aromatic ring is 1. The maximum absolute atomic E-state index is 12.7. The van der Waals surface area contributed by atoms with Crippen LogP contribution in [0.25, 0.3) is 0 Å². The molecular formula is C15H19ClN4O2S2. The van der Waals surface area contributed by atoms with Crippen molar-refractivity contribution in [1.82, 2.24) is 14.2 Å². The number of pyridine rings is 1. The van der Waals surface area contributed by atoms with Gasteiger partial charge in [-0.05, 0) is 42.8 Å². The van der Waals surface area contributed by atoms with Crippen molar-refractivity contribution in [2.45, 2.75) is 17.2 Å². The fourth-order valence-corrected chi connectivity index (χ4v) is 5.87. The highest BCUT2D eigenvalue weighted by atomic mass is 35.5. The van der Waals surface area contributed by atoms with Gasteiger partial charge in [-0.2, -0.15) is 4.31 Å². The number of hydrogen-bond donors (Lipinski definition) is 1. The lowest BCUT2D eigenvalue weighted by Crippen LogP contribution is -2.34. The number of hydrogen-bond acceptors (Lipinski definition) is 6. The Morgan fingerprint density at radius 2 is 2.04 bits per heavy atom. The van der Waals surface area contributed by atoms with E-state index in [1.807, 2.05) is 12.1 Å². The molecule has 1 fully saturated rings. The van der Waals surface area contributed by atoms with E-state index in [2.05, 4.69) is 9.88 Å². The van der Waals surface area contributed by atoms with Crippen LogP contribution < -0.4 is 5.73 Å². The summed E-state index contributed by atoms with van der Waals surface area (Å²) in [5.74, 6) is 0.501. The first kappa shape index (κ1) is 17.6. The average molecular weight is 387 g/mol. The number of rotatable bonds is 4. The molecule has 0 atom stereocenters. The van der Waals surface area contributed by atoms with Gasteiger partial charge in [0.25, 0.3) is 10.0 Å². The predicted octanol–water partition coefficient (Wildman–Crippen LogP) is 2.28. The smallest absolute Gasteiger partial charge is 0.252 e. The van der Waals surface area contributed by atoms with Crippen LogP contribution >= 0.6 is 22.9 Å². The Balaban J connectivity index is 1.67. The molecule has 0 radical (unpaired) electrons. The van der Waals surface area contributed by atoms with Gasteiger partial charge in [-0.15, -0.1) is 11.3 Å². The third-order valence-corrected chi connectivity index (χ3v) is 7.54. The highest BCUT2D eigenvalue weighted by molar-refractivity contribution is 7.91. The second kappa shape index (κ2) is 7.37. The first-order valence-corrected chi connectivity index (χ1v) is 10.3. The van der Waals surface area contributed by atoms with Gasteiger partial charge >= 0.3 is 0 Å². The Morgan fingerprint density at radius 1 is 1.21 bits per heavy atom. The summed E-state index contributed by atoms with van der Waals surface area (Å²) in [4.78, 5) is 6.24. The molecule has 24 heavy (non-hydrogen) atoms. The molecule has 3 heterocycles. The fraction of sp³-hybridized carbons (Fsp3) is 0.400. The number of nitrogens with two attached hydrogens (primary N) is 1. The molecular weight excluding hydrogens is 368 g/mol. The minimum Gasteiger partial charge on any atom is -0.384 e. The molecule has 2 aromatic rings. The van der Waals surface area contributed by atoms with Gasteiger partial charge in [-0.25, -0.2) is 13.4 Å². The number of halogens is 1. The van der Waals surface area contributed by atoms with E-state index < -0.39 is 10.0 Å². The van der Waals surface area contributed by atoms with Crippen molar-refractivity contribution in [3.63, 3.8) is 0 Å². The molecule has 1 saturated heterocycles. The lowest BCUT2D eigenvalue weighted by Gasteiger charge is -2.21. The molecule has 0 saturated carbocycles. The third kappa shape index (κ3) is 4.07. The molecule has 1 aliphatic rings. The number of nitrogens with zero attached hydrogens (tertiary/aromatic N) is 3. The average Bonchev–Trinajstić information content (AvgIpc) is 2.84. The van der Waals surface area contributed by atoms with E-state index in [0.717, 1.165) is 36.4 Å². The van der Waals surface area contributed by atoms with Crippen molar-refractivity contribution < 1.29 is 8.42 Å². The van der Waals surface area contributed by atoms with Gasteiger partial charge < -0.3 is 5.73 Å². The van der Waals surface area contributed by atoms with Gasteiger partial charge in [0.2, 0.25) is 0 Å². The predicted molar refractivity (Wildman–Crippen MR) is 96.6 cm³/mol. The minimum absolute atomic E-state index is 0.308. The van der Waals surface area contributed by atoms with E-state index in [0.29, 0.717) is 34.0 Å². The Kier molecular flexibility index (Phi) is 5.41. The maximum atomic E-state index is 12.7. The van der Waals surface area contributed by atoms with Crippen molar-refractivity contribution in [3.05, 3.63) is 40.4 Å². The Morgan fingerprint density at radius 3 is 2.75 bits per heavy atom. The molecule has 1 aliphatic heterocycles. The second-order valence-corrected chi connectivity index (χ2v) is 9.56. The normalized spacial score (nSPS) is 17.7. The van der Waals surface area contributed by atoms with Crippen molar-refractivity contribution in [2.75, 3.05) is 31.9 Å². The summed E-state index contributed by atoms with van der Waals surface area (Å²) >= 11 is 6.98. The number of sulfonamides is 1. The van der Waals surface area contributed by atoms with E-state index in [-0.39, 0.29) is 0 Å². The summed E-state index contributed by atoms with van der Waals surface area (Å²) in [5.41, 5.74) is 6.80. The van der Waals surface area contributed by atoms with Gasteiger partial charge in [0.15, 0.2) is 0 Å². The summed E-state index contributed by atoms with van der Waals surface area (Å²) in [6.45, 7) is 3.26. The number of thiophene rings is 1. The van der Waals surface area contributed by atoms with E-state index in [4.69, 9.17) is 17.3 Å². The zero-order valence-corrected chi connectivity index (χ0v) is 15.4. The summed E-state index contributed by atoms with van der Waals surface area (Å²) in [5, 5.41) is 0. The molecule has 3 rings (SSSR count). The van der Waals surface area contributed by atoms with Crippen LogP contribution in [0.4, 0.5) is 5.82 Å². The molecule has 0 bridgehead atoms. The van der Waals surface area contributed by atoms with E-state index in [1.54, 1.807) is 22.6 Å². The summed E-state index contributed by atoms with van der Waals surface area (Å²) in [7, 11) is -3.46. The summed E-state index contributed by atoms with van der Waals surface area (Å²) < 4.78 is 27.7. The molecule has 9 heteroatoms. The van der Waals surface area contributed by atoms with Gasteiger partial charge in [0.05, 0.1) is 4.34 Å². The Bertz CT molecular complexity index is 809. The quantitative estimate of drug-likeness (QED) is 0.871. The van der Waals surface area contributed by atoms with E-state index in [9.17, 15) is 8.42 Å². The van der Waals surface area contributed by atoms with Crippen LogP contribution in [0, 0.1) is 0 Å². The van der Waals surface area contributed by atoms with Crippen LogP contribution in [-0.2, 0) is 16.6 Å². The fourth-order valence-electron chi connectivity index (χ4n) is 2.76. The van der Waals surface area contributed by atoms with Crippen LogP contribution in [0.2, 0.25) is 4.34 Å². The SMILES string of the molecule is Nc1cc(CN2CCCN(S(=O)(=O)c3ccc(Cl)s3)CC2)ccn1. The van der Waals surface area contributed by atoms with Gasteiger partial charge in [0, 0.05) is 32.4 Å². The molecule has 130 valence electrons. The molecule has 2 aromatic heterocycles. The highest BCUT2D eigenvalue weighted by Crippen LogP contribution is 2.28. The second-order valence-electron chi connectivity index (χ2n) is 5.68. The van der Waals surface area contributed by atoms with Crippen LogP contribution in [-0.4, -0.2) is 48.8 Å². The van der Waals surface area contributed by atoms with Crippen LogP contribution in [0.5, 0.6) is 0 Å². The van der Waals surface area contributed by atoms with E-state index >= 15 is 0 Å². The standard InChI is InChI=1S/C15H19ClN4O2S2/c16-13-2-3-15(23-13)24(21,22)20-7-1-6-19(8-9-20)11-12-4-5-18-14(17)10-12/h2-5,10H,1,6-9,11H2,(H2,17,18). The maximum Gasteiger partial charge on any atom is 0.252 e. The van der Waals surface area contributed by atoms with Gasteiger partial charge in [0.1, 0.15) is 10.0 Å². The lowest BCUT2D eigenvalue weighted by molar-refractivity contribution is 0.278. The van der Waals surface area contributed by atoms with Crippen molar-refractivity contribution in [1.29, 1.82) is 0 Å². The largest absolute Gasteiger partial charge is 0.384 e. The first-order valence-electron chi connectivity index (χ1n) is 7.63. The van der Waals surface area contributed by atoms with Crippen molar-refractivity contribution >= 4 is 38.8 Å². The summed E-state index contributed by atoms with van der Waals surface area (Å²) in [6, 6.07) is 6.98. The van der Waals surface area contributed by atoms with Gasteiger partial charge in [-0.1, -0.05) is 11.6 Å². The Hall–Kier alpha value is -1.19. The number of aromatic nitrogens is 1. The number of anilines is 1. The van der Waals surface area contributed by atoms with Crippen LogP contribution in [0.3, 0.4) is 0 Å². The molecule has 0 aliphatic carbocycles. The lowest BCUT2D eigenvalue weighted by atomic mass is 10.2. The monoisotopic (exact) mass is 386 g/mol. The van der Waals surface area contributed by atoms with Gasteiger partial charge in [-0.3, -0.25) is 4.90 Å². The van der Waals surface area contributed by atoms with Crippen LogP contribution in [0.15, 0.2) is 34.7 Å². The zero-order chi connectivity index (χ0) is 17.2. The highest BCUT2D eigenvalue weighted by Gasteiger charge is 2.28. The molecule has 0 spiro atoms. The van der Waals surface area contributed by atoms with Crippen molar-refractivity contribution in [2.24, 2.45) is 0 Å². The van der Waals surface area contributed by atoms with Crippen LogP contribution in [0.1, 0.15) is 12.0 Å². The molecule has 0 unspecified atom stereocenters. The first-order chi connectivity index (χ1) is 11.4. The third-order valence-electron chi connectivity index (χ3n) is 3.94.